The Morgan fingerprint density at radius 1 is 0.898 bits per heavy atom. The summed E-state index contributed by atoms with van der Waals surface area (Å²) in [7, 11) is 3.09. The fourth-order valence-electron chi connectivity index (χ4n) is 8.25. The molecule has 12 heteroatoms. The maximum atomic E-state index is 14.4. The number of primary amides is 1. The predicted octanol–water partition coefficient (Wildman–Crippen LogP) is 2.58. The molecular weight excluding hydrogens is 630 g/mol. The van der Waals surface area contributed by atoms with Crippen LogP contribution in [0.2, 0.25) is 0 Å². The summed E-state index contributed by atoms with van der Waals surface area (Å²) in [5.41, 5.74) is 6.35. The van der Waals surface area contributed by atoms with Crippen LogP contribution in [-0.4, -0.2) is 77.2 Å². The number of nitrogens with two attached hydrogens (primary N) is 1. The van der Waals surface area contributed by atoms with Crippen LogP contribution in [0.5, 0.6) is 5.75 Å². The number of anilines is 1. The molecule has 8 atom stereocenters. The first-order valence-corrected chi connectivity index (χ1v) is 16.2. The minimum absolute atomic E-state index is 0.0200. The molecule has 3 aromatic rings. The standard InChI is InChI=1S/C37H37N3O9/c1-5-23(42)49-36-24-16(2)19-13-14-21(39-22(41)15-18-11-8-10-17-9-6-7-12-20(17)18)31(43)25(19)32(44)27(24)33(45)28-26(36)30(40(3)4)35(47)29(34(28)46)37(38)48/h6-14,16,24,26-30,36,43H,5,15H2,1-4H3,(H2,38,48)(H,39,41)/t16-,24?,26?,27?,28?,29?,30-,36-/m0/s1. The number of hydrogen-bond donors (Lipinski definition) is 3. The molecule has 0 bridgehead atoms. The molecule has 3 aliphatic rings. The molecule has 0 aromatic heterocycles. The molecule has 0 aliphatic heterocycles. The van der Waals surface area contributed by atoms with E-state index in [1.807, 2.05) is 42.5 Å². The van der Waals surface area contributed by atoms with Gasteiger partial charge in [-0.05, 0) is 48.0 Å². The van der Waals surface area contributed by atoms with E-state index >= 15 is 0 Å². The summed E-state index contributed by atoms with van der Waals surface area (Å²) in [5, 5.41) is 16.0. The van der Waals surface area contributed by atoms with Gasteiger partial charge in [0.15, 0.2) is 29.1 Å². The van der Waals surface area contributed by atoms with Gasteiger partial charge in [0, 0.05) is 18.3 Å². The number of benzene rings is 3. The fourth-order valence-corrected chi connectivity index (χ4v) is 8.25. The second-order valence-corrected chi connectivity index (χ2v) is 13.3. The number of rotatable bonds is 7. The van der Waals surface area contributed by atoms with Gasteiger partial charge in [0.1, 0.15) is 11.9 Å². The number of Topliss-reactive ketones (excluding diaryl/α,β-unsaturated/α-hetero) is 4. The van der Waals surface area contributed by atoms with Crippen LogP contribution in [0.1, 0.15) is 47.7 Å². The number of likely N-dealkylation sites (N-methyl/N-ethyl adjacent to an activating group) is 1. The van der Waals surface area contributed by atoms with Crippen LogP contribution >= 0.6 is 0 Å². The summed E-state index contributed by atoms with van der Waals surface area (Å²) in [6.45, 7) is 3.28. The van der Waals surface area contributed by atoms with Gasteiger partial charge in [-0.2, -0.15) is 0 Å². The van der Waals surface area contributed by atoms with Crippen molar-refractivity contribution in [2.24, 2.45) is 35.3 Å². The number of ether oxygens (including phenoxy) is 1. The highest BCUT2D eigenvalue weighted by atomic mass is 16.5. The van der Waals surface area contributed by atoms with Crippen LogP contribution in [0.15, 0.2) is 54.6 Å². The second-order valence-electron chi connectivity index (χ2n) is 13.3. The number of carbonyl (C=O) groups is 7. The molecule has 0 radical (unpaired) electrons. The average Bonchev–Trinajstić information content (AvgIpc) is 3.05. The van der Waals surface area contributed by atoms with Gasteiger partial charge in [-0.25, -0.2) is 0 Å². The van der Waals surface area contributed by atoms with Crippen LogP contribution in [0.4, 0.5) is 5.69 Å². The third kappa shape index (κ3) is 5.40. The van der Waals surface area contributed by atoms with Gasteiger partial charge in [-0.15, -0.1) is 0 Å². The molecule has 6 rings (SSSR count). The van der Waals surface area contributed by atoms with Gasteiger partial charge in [0.25, 0.3) is 0 Å². The summed E-state index contributed by atoms with van der Waals surface area (Å²) >= 11 is 0. The Kier molecular flexibility index (Phi) is 8.70. The summed E-state index contributed by atoms with van der Waals surface area (Å²) in [4.78, 5) is 96.0. The molecule has 2 fully saturated rings. The van der Waals surface area contributed by atoms with Crippen molar-refractivity contribution in [1.82, 2.24) is 4.90 Å². The first kappa shape index (κ1) is 33.7. The number of carbonyl (C=O) groups excluding carboxylic acids is 7. The smallest absolute Gasteiger partial charge is 0.305 e. The number of nitrogens with zero attached hydrogens (tertiary/aromatic N) is 1. The van der Waals surface area contributed by atoms with Crippen LogP contribution in [0.25, 0.3) is 10.8 Å². The van der Waals surface area contributed by atoms with Gasteiger partial charge >= 0.3 is 5.97 Å². The van der Waals surface area contributed by atoms with E-state index in [1.54, 1.807) is 34.0 Å². The number of ketones is 4. The summed E-state index contributed by atoms with van der Waals surface area (Å²) in [5.74, 6) is -14.4. The Labute approximate surface area is 282 Å². The monoisotopic (exact) mass is 667 g/mol. The minimum Gasteiger partial charge on any atom is -0.505 e. The Balaban J connectivity index is 1.40. The van der Waals surface area contributed by atoms with E-state index in [1.165, 1.54) is 11.0 Å². The number of esters is 1. The van der Waals surface area contributed by atoms with Crippen molar-refractivity contribution in [1.29, 1.82) is 0 Å². The topological polar surface area (TPSA) is 190 Å². The van der Waals surface area contributed by atoms with Crippen molar-refractivity contribution in [3.8, 4) is 5.75 Å². The molecule has 2 saturated carbocycles. The molecule has 12 nitrogen and oxygen atoms in total. The Morgan fingerprint density at radius 3 is 2.27 bits per heavy atom. The molecule has 2 amide bonds. The third-order valence-electron chi connectivity index (χ3n) is 10.4. The zero-order valence-electron chi connectivity index (χ0n) is 27.5. The van der Waals surface area contributed by atoms with Crippen molar-refractivity contribution < 1.29 is 43.4 Å². The number of phenols is 1. The maximum Gasteiger partial charge on any atom is 0.305 e. The van der Waals surface area contributed by atoms with Crippen LogP contribution < -0.4 is 11.1 Å². The SMILES string of the molecule is CCC(=O)O[C@@H]1C2C(C(=O)C(C(N)=O)C(=O)[C@H]2N(C)C)C(=O)C2C(=O)c3c(ccc(NC(=O)Cc4cccc5ccccc45)c3O)[C@H](C)C21. The van der Waals surface area contributed by atoms with E-state index in [-0.39, 0.29) is 24.1 Å². The van der Waals surface area contributed by atoms with Crippen molar-refractivity contribution in [2.75, 3.05) is 19.4 Å². The largest absolute Gasteiger partial charge is 0.505 e. The first-order chi connectivity index (χ1) is 23.3. The molecule has 0 saturated heterocycles. The number of nitrogens with one attached hydrogen (secondary N) is 1. The lowest BCUT2D eigenvalue weighted by Gasteiger charge is -2.53. The zero-order chi connectivity index (χ0) is 35.5. The fraction of sp³-hybridized carbons (Fsp3) is 0.378. The lowest BCUT2D eigenvalue weighted by Crippen LogP contribution is -2.69. The van der Waals surface area contributed by atoms with E-state index < -0.39 is 94.3 Å². The second kappa shape index (κ2) is 12.7. The van der Waals surface area contributed by atoms with Gasteiger partial charge in [-0.3, -0.25) is 38.5 Å². The zero-order valence-corrected chi connectivity index (χ0v) is 27.5. The molecule has 0 heterocycles. The molecule has 254 valence electrons. The van der Waals surface area contributed by atoms with Crippen molar-refractivity contribution in [3.63, 3.8) is 0 Å². The molecule has 4 N–H and O–H groups in total. The van der Waals surface area contributed by atoms with E-state index in [2.05, 4.69) is 5.32 Å². The van der Waals surface area contributed by atoms with Gasteiger partial charge < -0.3 is 20.9 Å². The van der Waals surface area contributed by atoms with E-state index in [4.69, 9.17) is 10.5 Å². The lowest BCUT2D eigenvalue weighted by atomic mass is 9.51. The Bertz CT molecular complexity index is 1950. The van der Waals surface area contributed by atoms with Gasteiger partial charge in [0.2, 0.25) is 11.8 Å². The summed E-state index contributed by atoms with van der Waals surface area (Å²) < 4.78 is 5.92. The molecular formula is C37H37N3O9. The number of fused-ring (bicyclic) bond motifs is 4. The quantitative estimate of drug-likeness (QED) is 0.192. The highest BCUT2D eigenvalue weighted by Crippen LogP contribution is 2.54. The van der Waals surface area contributed by atoms with Crippen molar-refractivity contribution in [2.45, 2.75) is 44.8 Å². The molecule has 3 aromatic carbocycles. The first-order valence-electron chi connectivity index (χ1n) is 16.2. The molecule has 0 spiro atoms. The van der Waals surface area contributed by atoms with Crippen LogP contribution in [0.3, 0.4) is 0 Å². The van der Waals surface area contributed by atoms with E-state index in [0.29, 0.717) is 5.56 Å². The summed E-state index contributed by atoms with van der Waals surface area (Å²) in [6.07, 6.45) is -1.32. The third-order valence-corrected chi connectivity index (χ3v) is 10.4. The Morgan fingerprint density at radius 2 is 1.59 bits per heavy atom. The lowest BCUT2D eigenvalue weighted by molar-refractivity contribution is -0.181. The average molecular weight is 668 g/mol. The number of phenolic OH excluding ortho intramolecular Hbond substituents is 1. The molecule has 49 heavy (non-hydrogen) atoms. The highest BCUT2D eigenvalue weighted by molar-refractivity contribution is 6.29. The number of aromatic hydroxyl groups is 1. The van der Waals surface area contributed by atoms with Crippen molar-refractivity contribution >= 4 is 57.4 Å². The van der Waals surface area contributed by atoms with Crippen LogP contribution in [0, 0.1) is 29.6 Å². The Hall–Kier alpha value is -5.23. The van der Waals surface area contributed by atoms with E-state index in [0.717, 1.165) is 16.3 Å². The van der Waals surface area contributed by atoms with E-state index in [9.17, 15) is 38.7 Å². The van der Waals surface area contributed by atoms with Gasteiger partial charge in [0.05, 0.1) is 35.5 Å². The highest BCUT2D eigenvalue weighted by Gasteiger charge is 2.67. The normalized spacial score (nSPS) is 27.7. The molecule has 5 unspecified atom stereocenters. The van der Waals surface area contributed by atoms with Crippen LogP contribution in [-0.2, 0) is 39.9 Å². The minimum atomic E-state index is -1.92. The predicted molar refractivity (Wildman–Crippen MR) is 176 cm³/mol. The van der Waals surface area contributed by atoms with Gasteiger partial charge in [-0.1, -0.05) is 62.4 Å². The number of hydrogen-bond acceptors (Lipinski definition) is 10. The summed E-state index contributed by atoms with van der Waals surface area (Å²) in [6, 6.07) is 15.0. The molecule has 3 aliphatic carbocycles. The number of amides is 2. The van der Waals surface area contributed by atoms with Crippen molar-refractivity contribution in [3.05, 3.63) is 71.3 Å². The maximum absolute atomic E-state index is 14.4.